The van der Waals surface area contributed by atoms with E-state index in [0.29, 0.717) is 6.54 Å². The largest absolute Gasteiger partial charge is 0.349 e. The van der Waals surface area contributed by atoms with Gasteiger partial charge in [-0.15, -0.1) is 12.4 Å². The Bertz CT molecular complexity index is 568. The van der Waals surface area contributed by atoms with Gasteiger partial charge in [0.15, 0.2) is 0 Å². The van der Waals surface area contributed by atoms with Crippen LogP contribution in [-0.4, -0.2) is 29.3 Å². The van der Waals surface area contributed by atoms with E-state index in [0.717, 1.165) is 11.3 Å². The van der Waals surface area contributed by atoms with Gasteiger partial charge in [-0.25, -0.2) is 4.68 Å². The molecular formula is C16H23ClN4O. The van der Waals surface area contributed by atoms with Crippen LogP contribution in [0, 0.1) is 5.92 Å². The number of hydrogen-bond donors (Lipinski definition) is 2. The van der Waals surface area contributed by atoms with Gasteiger partial charge in [-0.2, -0.15) is 5.10 Å². The van der Waals surface area contributed by atoms with Gasteiger partial charge in [-0.1, -0.05) is 19.1 Å². The molecule has 0 aliphatic carbocycles. The number of nitrogens with zero attached hydrogens (tertiary/aromatic N) is 2. The summed E-state index contributed by atoms with van der Waals surface area (Å²) in [4.78, 5) is 12.0. The average molecular weight is 323 g/mol. The average Bonchev–Trinajstić information content (AvgIpc) is 3.01. The number of nitrogens with one attached hydrogen (secondary N) is 2. The van der Waals surface area contributed by atoms with Gasteiger partial charge in [0.25, 0.3) is 0 Å². The highest BCUT2D eigenvalue weighted by Crippen LogP contribution is 2.15. The Labute approximate surface area is 137 Å². The lowest BCUT2D eigenvalue weighted by Gasteiger charge is -2.18. The third-order valence-electron chi connectivity index (χ3n) is 3.48. The fourth-order valence-electron chi connectivity index (χ4n) is 2.18. The molecule has 120 valence electrons. The molecule has 1 aromatic heterocycles. The number of amides is 1. The van der Waals surface area contributed by atoms with Crippen LogP contribution >= 0.6 is 12.4 Å². The summed E-state index contributed by atoms with van der Waals surface area (Å²) in [6, 6.07) is 9.92. The number of halogens is 1. The molecule has 2 atom stereocenters. The van der Waals surface area contributed by atoms with E-state index in [2.05, 4.69) is 15.7 Å². The quantitative estimate of drug-likeness (QED) is 0.858. The molecule has 0 radical (unpaired) electrons. The zero-order valence-corrected chi connectivity index (χ0v) is 13.9. The fourth-order valence-corrected chi connectivity index (χ4v) is 2.18. The number of hydrogen-bond acceptors (Lipinski definition) is 3. The predicted octanol–water partition coefficient (Wildman–Crippen LogP) is 2.33. The van der Waals surface area contributed by atoms with Crippen molar-refractivity contribution in [1.82, 2.24) is 20.4 Å². The first-order chi connectivity index (χ1) is 10.1. The Hall–Kier alpha value is -1.85. The van der Waals surface area contributed by atoms with Crippen molar-refractivity contribution in [2.45, 2.75) is 19.9 Å². The minimum Gasteiger partial charge on any atom is -0.349 e. The second kappa shape index (κ2) is 8.56. The Kier molecular flexibility index (Phi) is 7.08. The van der Waals surface area contributed by atoms with Crippen LogP contribution in [0.3, 0.4) is 0 Å². The standard InChI is InChI=1S/C16H22N4O.ClH/c1-12(11-17-3)16(21)19-13(2)14-5-7-15(8-6-14)20-10-4-9-18-20;/h4-10,12-13,17H,11H2,1-3H3,(H,19,21);1H. The van der Waals surface area contributed by atoms with Crippen molar-refractivity contribution in [3.05, 3.63) is 48.3 Å². The lowest BCUT2D eigenvalue weighted by atomic mass is 10.1. The van der Waals surface area contributed by atoms with Crippen molar-refractivity contribution in [1.29, 1.82) is 0 Å². The summed E-state index contributed by atoms with van der Waals surface area (Å²) in [7, 11) is 1.85. The van der Waals surface area contributed by atoms with Crippen LogP contribution in [0.2, 0.25) is 0 Å². The van der Waals surface area contributed by atoms with E-state index < -0.39 is 0 Å². The molecule has 2 aromatic rings. The summed E-state index contributed by atoms with van der Waals surface area (Å²) in [6.45, 7) is 4.59. The van der Waals surface area contributed by atoms with Crippen LogP contribution in [0.5, 0.6) is 0 Å². The first-order valence-electron chi connectivity index (χ1n) is 7.16. The molecule has 1 aromatic carbocycles. The summed E-state index contributed by atoms with van der Waals surface area (Å²) < 4.78 is 1.81. The van der Waals surface area contributed by atoms with Gasteiger partial charge in [-0.3, -0.25) is 4.79 Å². The number of rotatable bonds is 6. The Morgan fingerprint density at radius 2 is 1.95 bits per heavy atom. The maximum absolute atomic E-state index is 12.0. The van der Waals surface area contributed by atoms with Crippen LogP contribution in [0.15, 0.2) is 42.7 Å². The van der Waals surface area contributed by atoms with E-state index in [9.17, 15) is 4.79 Å². The Morgan fingerprint density at radius 1 is 1.27 bits per heavy atom. The molecule has 22 heavy (non-hydrogen) atoms. The van der Waals surface area contributed by atoms with Crippen LogP contribution < -0.4 is 10.6 Å². The van der Waals surface area contributed by atoms with E-state index in [-0.39, 0.29) is 30.3 Å². The number of aromatic nitrogens is 2. The van der Waals surface area contributed by atoms with Gasteiger partial charge in [-0.05, 0) is 37.7 Å². The summed E-state index contributed by atoms with van der Waals surface area (Å²) in [5, 5.41) is 10.2. The van der Waals surface area contributed by atoms with Crippen LogP contribution in [0.1, 0.15) is 25.5 Å². The molecule has 6 heteroatoms. The van der Waals surface area contributed by atoms with Gasteiger partial charge in [0, 0.05) is 24.9 Å². The fraction of sp³-hybridized carbons (Fsp3) is 0.375. The van der Waals surface area contributed by atoms with Crippen LogP contribution in [-0.2, 0) is 4.79 Å². The van der Waals surface area contributed by atoms with Crippen molar-refractivity contribution in [3.8, 4) is 5.69 Å². The first kappa shape index (κ1) is 18.2. The summed E-state index contributed by atoms with van der Waals surface area (Å²) in [5.41, 5.74) is 2.08. The van der Waals surface area contributed by atoms with Crippen molar-refractivity contribution < 1.29 is 4.79 Å². The molecule has 0 saturated carbocycles. The highest BCUT2D eigenvalue weighted by molar-refractivity contribution is 5.85. The van der Waals surface area contributed by atoms with Gasteiger partial charge in [0.1, 0.15) is 0 Å². The molecule has 2 unspecified atom stereocenters. The van der Waals surface area contributed by atoms with Gasteiger partial charge < -0.3 is 10.6 Å². The zero-order chi connectivity index (χ0) is 15.2. The van der Waals surface area contributed by atoms with E-state index in [1.165, 1.54) is 0 Å². The molecule has 2 rings (SSSR count). The van der Waals surface area contributed by atoms with E-state index in [1.54, 1.807) is 6.20 Å². The van der Waals surface area contributed by atoms with Crippen LogP contribution in [0.25, 0.3) is 5.69 Å². The summed E-state index contributed by atoms with van der Waals surface area (Å²) in [5.74, 6) is 0.0220. The van der Waals surface area contributed by atoms with E-state index in [4.69, 9.17) is 0 Å². The number of carbonyl (C=O) groups is 1. The normalized spacial score (nSPS) is 13.0. The van der Waals surface area contributed by atoms with Gasteiger partial charge >= 0.3 is 0 Å². The summed E-state index contributed by atoms with van der Waals surface area (Å²) in [6.07, 6.45) is 3.65. The second-order valence-electron chi connectivity index (χ2n) is 5.23. The Morgan fingerprint density at radius 3 is 2.50 bits per heavy atom. The zero-order valence-electron chi connectivity index (χ0n) is 13.1. The van der Waals surface area contributed by atoms with Crippen molar-refractivity contribution in [2.75, 3.05) is 13.6 Å². The van der Waals surface area contributed by atoms with Crippen molar-refractivity contribution in [2.24, 2.45) is 5.92 Å². The monoisotopic (exact) mass is 322 g/mol. The van der Waals surface area contributed by atoms with Crippen molar-refractivity contribution >= 4 is 18.3 Å². The third-order valence-corrected chi connectivity index (χ3v) is 3.48. The van der Waals surface area contributed by atoms with Gasteiger partial charge in [0.2, 0.25) is 5.91 Å². The molecule has 0 spiro atoms. The highest BCUT2D eigenvalue weighted by Gasteiger charge is 2.15. The molecular weight excluding hydrogens is 300 g/mol. The van der Waals surface area contributed by atoms with Crippen molar-refractivity contribution in [3.63, 3.8) is 0 Å². The van der Waals surface area contributed by atoms with E-state index in [1.807, 2.05) is 62.1 Å². The molecule has 0 fully saturated rings. The second-order valence-corrected chi connectivity index (χ2v) is 5.23. The minimum atomic E-state index is -0.0409. The number of benzene rings is 1. The molecule has 1 amide bonds. The van der Waals surface area contributed by atoms with Crippen LogP contribution in [0.4, 0.5) is 0 Å². The lowest BCUT2D eigenvalue weighted by molar-refractivity contribution is -0.125. The summed E-state index contributed by atoms with van der Waals surface area (Å²) >= 11 is 0. The highest BCUT2D eigenvalue weighted by atomic mass is 35.5. The maximum atomic E-state index is 12.0. The SMILES string of the molecule is CNCC(C)C(=O)NC(C)c1ccc(-n2cccn2)cc1.Cl. The first-order valence-corrected chi connectivity index (χ1v) is 7.16. The molecule has 0 aliphatic rings. The molecule has 0 saturated heterocycles. The Balaban J connectivity index is 0.00000242. The maximum Gasteiger partial charge on any atom is 0.224 e. The molecule has 0 bridgehead atoms. The molecule has 5 nitrogen and oxygen atoms in total. The number of carbonyl (C=O) groups excluding carboxylic acids is 1. The lowest BCUT2D eigenvalue weighted by Crippen LogP contribution is -2.35. The predicted molar refractivity (Wildman–Crippen MR) is 90.5 cm³/mol. The molecule has 1 heterocycles. The smallest absolute Gasteiger partial charge is 0.224 e. The molecule has 0 aliphatic heterocycles. The molecule has 2 N–H and O–H groups in total. The minimum absolute atomic E-state index is 0. The third kappa shape index (κ3) is 4.58. The topological polar surface area (TPSA) is 59.0 Å². The van der Waals surface area contributed by atoms with E-state index >= 15 is 0 Å². The van der Waals surface area contributed by atoms with Gasteiger partial charge in [0.05, 0.1) is 11.7 Å².